The smallest absolute Gasteiger partial charge is 0.143 e. The third-order valence-electron chi connectivity index (χ3n) is 2.16. The van der Waals surface area contributed by atoms with Gasteiger partial charge >= 0.3 is 0 Å². The van der Waals surface area contributed by atoms with E-state index < -0.39 is 0 Å². The summed E-state index contributed by atoms with van der Waals surface area (Å²) in [5.41, 5.74) is 0. The molecule has 1 aliphatic rings. The first-order valence-electron chi connectivity index (χ1n) is 4.47. The molecular formula is C9H17NO2. The molecule has 3 nitrogen and oxygen atoms in total. The minimum atomic E-state index is -0.243. The summed E-state index contributed by atoms with van der Waals surface area (Å²) < 4.78 is 0. The van der Waals surface area contributed by atoms with E-state index in [2.05, 4.69) is 6.92 Å². The summed E-state index contributed by atoms with van der Waals surface area (Å²) in [5.74, 6) is 0.685. The van der Waals surface area contributed by atoms with E-state index in [0.29, 0.717) is 19.0 Å². The lowest BCUT2D eigenvalue weighted by molar-refractivity contribution is -0.119. The highest BCUT2D eigenvalue weighted by molar-refractivity contribution is 5.77. The largest absolute Gasteiger partial charge is 0.392 e. The second-order valence-corrected chi connectivity index (χ2v) is 3.89. The average molecular weight is 171 g/mol. The van der Waals surface area contributed by atoms with Gasteiger partial charge in [0.25, 0.3) is 0 Å². The van der Waals surface area contributed by atoms with Gasteiger partial charge in [0.05, 0.1) is 12.6 Å². The van der Waals surface area contributed by atoms with Crippen LogP contribution < -0.4 is 0 Å². The molecular weight excluding hydrogens is 154 g/mol. The topological polar surface area (TPSA) is 40.5 Å². The summed E-state index contributed by atoms with van der Waals surface area (Å²) in [6.07, 6.45) is 0.627. The van der Waals surface area contributed by atoms with Gasteiger partial charge in [-0.1, -0.05) is 6.92 Å². The Bertz CT molecular complexity index is 160. The average Bonchev–Trinajstić information content (AvgIpc) is 1.81. The number of aliphatic hydroxyl groups excluding tert-OH is 1. The van der Waals surface area contributed by atoms with Crippen LogP contribution in [0.15, 0.2) is 0 Å². The molecule has 1 N–H and O–H groups in total. The molecule has 0 radical (unpaired) electrons. The van der Waals surface area contributed by atoms with Crippen molar-refractivity contribution in [3.05, 3.63) is 0 Å². The Balaban J connectivity index is 2.38. The van der Waals surface area contributed by atoms with Crippen LogP contribution in [0.2, 0.25) is 0 Å². The van der Waals surface area contributed by atoms with Gasteiger partial charge in [-0.2, -0.15) is 0 Å². The molecule has 70 valence electrons. The number of aliphatic hydroxyl groups is 1. The molecule has 1 saturated heterocycles. The fourth-order valence-corrected chi connectivity index (χ4v) is 1.87. The molecule has 0 aromatic rings. The van der Waals surface area contributed by atoms with Crippen molar-refractivity contribution in [3.8, 4) is 0 Å². The zero-order valence-corrected chi connectivity index (χ0v) is 7.79. The summed E-state index contributed by atoms with van der Waals surface area (Å²) in [5, 5.41) is 9.41. The van der Waals surface area contributed by atoms with Crippen molar-refractivity contribution < 1.29 is 9.90 Å². The van der Waals surface area contributed by atoms with Gasteiger partial charge < -0.3 is 5.11 Å². The van der Waals surface area contributed by atoms with Crippen LogP contribution in [0.25, 0.3) is 0 Å². The van der Waals surface area contributed by atoms with Crippen LogP contribution >= 0.6 is 0 Å². The Morgan fingerprint density at radius 2 is 2.25 bits per heavy atom. The summed E-state index contributed by atoms with van der Waals surface area (Å²) in [6.45, 7) is 5.78. The highest BCUT2D eigenvalue weighted by Gasteiger charge is 2.23. The SMILES string of the molecule is CC(=O)CN1CC(C)CC(O)C1. The number of rotatable bonds is 2. The maximum Gasteiger partial charge on any atom is 0.143 e. The van der Waals surface area contributed by atoms with Gasteiger partial charge in [0.2, 0.25) is 0 Å². The molecule has 1 rings (SSSR count). The van der Waals surface area contributed by atoms with Gasteiger partial charge in [-0.05, 0) is 19.3 Å². The molecule has 1 aliphatic heterocycles. The summed E-state index contributed by atoms with van der Waals surface area (Å²) in [4.78, 5) is 12.8. The van der Waals surface area contributed by atoms with Gasteiger partial charge in [-0.25, -0.2) is 0 Å². The molecule has 0 aromatic heterocycles. The number of β-amino-alcohol motifs (C(OH)–C–C–N with tert-alkyl or cyclic N) is 1. The van der Waals surface area contributed by atoms with Crippen LogP contribution in [0.1, 0.15) is 20.3 Å². The van der Waals surface area contributed by atoms with E-state index in [1.807, 2.05) is 4.90 Å². The highest BCUT2D eigenvalue weighted by atomic mass is 16.3. The minimum absolute atomic E-state index is 0.177. The number of carbonyl (C=O) groups is 1. The lowest BCUT2D eigenvalue weighted by atomic mass is 9.98. The van der Waals surface area contributed by atoms with Gasteiger partial charge in [0.15, 0.2) is 0 Å². The maximum absolute atomic E-state index is 10.8. The number of hydrogen-bond donors (Lipinski definition) is 1. The number of hydrogen-bond acceptors (Lipinski definition) is 3. The predicted octanol–water partition coefficient (Wildman–Crippen LogP) is 0.278. The van der Waals surface area contributed by atoms with Crippen LogP contribution in [0, 0.1) is 5.92 Å². The molecule has 2 atom stereocenters. The Morgan fingerprint density at radius 1 is 1.58 bits per heavy atom. The van der Waals surface area contributed by atoms with E-state index in [0.717, 1.165) is 13.0 Å². The third kappa shape index (κ3) is 2.91. The lowest BCUT2D eigenvalue weighted by Gasteiger charge is -2.33. The second kappa shape index (κ2) is 4.01. The Kier molecular flexibility index (Phi) is 3.23. The monoisotopic (exact) mass is 171 g/mol. The zero-order chi connectivity index (χ0) is 9.14. The number of piperidine rings is 1. The van der Waals surface area contributed by atoms with Crippen molar-refractivity contribution >= 4 is 5.78 Å². The van der Waals surface area contributed by atoms with Crippen LogP contribution in [0.3, 0.4) is 0 Å². The summed E-state index contributed by atoms with van der Waals surface area (Å²) in [7, 11) is 0. The van der Waals surface area contributed by atoms with Gasteiger partial charge in [0.1, 0.15) is 5.78 Å². The molecule has 1 fully saturated rings. The van der Waals surface area contributed by atoms with Crippen LogP contribution in [0.4, 0.5) is 0 Å². The Labute approximate surface area is 73.4 Å². The molecule has 0 saturated carbocycles. The molecule has 0 amide bonds. The van der Waals surface area contributed by atoms with Crippen molar-refractivity contribution in [3.63, 3.8) is 0 Å². The minimum Gasteiger partial charge on any atom is -0.392 e. The van der Waals surface area contributed by atoms with E-state index >= 15 is 0 Å². The molecule has 12 heavy (non-hydrogen) atoms. The maximum atomic E-state index is 10.8. The van der Waals surface area contributed by atoms with Crippen molar-refractivity contribution in [1.82, 2.24) is 4.90 Å². The number of carbonyl (C=O) groups excluding carboxylic acids is 1. The van der Waals surface area contributed by atoms with Crippen molar-refractivity contribution in [2.24, 2.45) is 5.92 Å². The Hall–Kier alpha value is -0.410. The molecule has 1 heterocycles. The molecule has 0 aliphatic carbocycles. The van der Waals surface area contributed by atoms with E-state index in [1.165, 1.54) is 0 Å². The number of likely N-dealkylation sites (tertiary alicyclic amines) is 1. The van der Waals surface area contributed by atoms with Gasteiger partial charge in [-0.3, -0.25) is 9.69 Å². The lowest BCUT2D eigenvalue weighted by Crippen LogP contribution is -2.44. The number of Topliss-reactive ketones (excluding diaryl/α,β-unsaturated/α-hetero) is 1. The fourth-order valence-electron chi connectivity index (χ4n) is 1.87. The molecule has 3 heteroatoms. The van der Waals surface area contributed by atoms with E-state index in [9.17, 15) is 9.90 Å². The molecule has 0 spiro atoms. The number of nitrogens with zero attached hydrogens (tertiary/aromatic N) is 1. The summed E-state index contributed by atoms with van der Waals surface area (Å²) >= 11 is 0. The van der Waals surface area contributed by atoms with Gasteiger partial charge in [-0.15, -0.1) is 0 Å². The standard InChI is InChI=1S/C9H17NO2/c1-7-3-9(12)6-10(4-7)5-8(2)11/h7,9,12H,3-6H2,1-2H3. The molecule has 0 bridgehead atoms. The number of ketones is 1. The second-order valence-electron chi connectivity index (χ2n) is 3.89. The zero-order valence-electron chi connectivity index (χ0n) is 7.79. The van der Waals surface area contributed by atoms with Gasteiger partial charge in [0, 0.05) is 13.1 Å². The van der Waals surface area contributed by atoms with Crippen molar-refractivity contribution in [2.45, 2.75) is 26.4 Å². The first kappa shape index (κ1) is 9.68. The Morgan fingerprint density at radius 3 is 2.75 bits per heavy atom. The normalized spacial score (nSPS) is 31.9. The van der Waals surface area contributed by atoms with E-state index in [4.69, 9.17) is 0 Å². The van der Waals surface area contributed by atoms with Crippen LogP contribution in [-0.2, 0) is 4.79 Å². The van der Waals surface area contributed by atoms with Crippen LogP contribution in [-0.4, -0.2) is 41.5 Å². The van der Waals surface area contributed by atoms with Crippen molar-refractivity contribution in [2.75, 3.05) is 19.6 Å². The third-order valence-corrected chi connectivity index (χ3v) is 2.16. The quantitative estimate of drug-likeness (QED) is 0.648. The molecule has 2 unspecified atom stereocenters. The van der Waals surface area contributed by atoms with Crippen molar-refractivity contribution in [1.29, 1.82) is 0 Å². The first-order chi connectivity index (χ1) is 5.58. The van der Waals surface area contributed by atoms with E-state index in [-0.39, 0.29) is 11.9 Å². The summed E-state index contributed by atoms with van der Waals surface area (Å²) in [6, 6.07) is 0. The van der Waals surface area contributed by atoms with Crippen LogP contribution in [0.5, 0.6) is 0 Å². The highest BCUT2D eigenvalue weighted by Crippen LogP contribution is 2.15. The predicted molar refractivity (Wildman–Crippen MR) is 46.9 cm³/mol. The fraction of sp³-hybridized carbons (Fsp3) is 0.889. The first-order valence-corrected chi connectivity index (χ1v) is 4.47. The van der Waals surface area contributed by atoms with E-state index in [1.54, 1.807) is 6.92 Å². The molecule has 0 aromatic carbocycles.